The highest BCUT2D eigenvalue weighted by molar-refractivity contribution is 9.10. The lowest BCUT2D eigenvalue weighted by atomic mass is 10.1. The lowest BCUT2D eigenvalue weighted by molar-refractivity contribution is -0.274. The number of allylic oxidation sites excluding steroid dienone is 1. The smallest absolute Gasteiger partial charge is 0.405 e. The third-order valence-corrected chi connectivity index (χ3v) is 2.29. The van der Waals surface area contributed by atoms with Crippen LogP contribution in [0.15, 0.2) is 34.8 Å². The molecule has 0 saturated heterocycles. The molecule has 0 aliphatic rings. The van der Waals surface area contributed by atoms with Crippen LogP contribution < -0.4 is 4.74 Å². The van der Waals surface area contributed by atoms with Gasteiger partial charge in [-0.3, -0.25) is 4.79 Å². The van der Waals surface area contributed by atoms with E-state index in [1.54, 1.807) is 0 Å². The molecular formula is C11H8BrF3O2. The van der Waals surface area contributed by atoms with Crippen molar-refractivity contribution in [3.8, 4) is 5.75 Å². The van der Waals surface area contributed by atoms with Gasteiger partial charge in [0.2, 0.25) is 0 Å². The number of rotatable bonds is 3. The third-order valence-electron chi connectivity index (χ3n) is 1.80. The predicted molar refractivity (Wildman–Crippen MR) is 60.0 cm³/mol. The molecule has 0 atom stereocenters. The zero-order valence-corrected chi connectivity index (χ0v) is 10.4. The molecule has 2 nitrogen and oxygen atoms in total. The van der Waals surface area contributed by atoms with E-state index < -0.39 is 17.9 Å². The van der Waals surface area contributed by atoms with Gasteiger partial charge in [0.15, 0.2) is 5.78 Å². The molecule has 1 aromatic rings. The van der Waals surface area contributed by atoms with Gasteiger partial charge in [-0.1, -0.05) is 22.5 Å². The Morgan fingerprint density at radius 2 is 2.00 bits per heavy atom. The Morgan fingerprint density at radius 3 is 2.47 bits per heavy atom. The fourth-order valence-corrected chi connectivity index (χ4v) is 1.46. The van der Waals surface area contributed by atoms with Crippen molar-refractivity contribution in [2.24, 2.45) is 0 Å². The van der Waals surface area contributed by atoms with Crippen LogP contribution in [0.5, 0.6) is 5.75 Å². The second-order valence-electron chi connectivity index (χ2n) is 3.30. The molecule has 0 spiro atoms. The Labute approximate surface area is 104 Å². The number of benzene rings is 1. The van der Waals surface area contributed by atoms with Gasteiger partial charge >= 0.3 is 6.36 Å². The van der Waals surface area contributed by atoms with E-state index >= 15 is 0 Å². The van der Waals surface area contributed by atoms with E-state index in [1.165, 1.54) is 19.1 Å². The highest BCUT2D eigenvalue weighted by Gasteiger charge is 2.33. The summed E-state index contributed by atoms with van der Waals surface area (Å²) in [5.74, 6) is -1.13. The molecule has 0 aliphatic heterocycles. The Hall–Kier alpha value is -1.30. The number of ether oxygens (including phenoxy) is 1. The molecule has 0 radical (unpaired) electrons. The van der Waals surface area contributed by atoms with Crippen LogP contribution in [0.2, 0.25) is 0 Å². The van der Waals surface area contributed by atoms with E-state index in [4.69, 9.17) is 0 Å². The fourth-order valence-electron chi connectivity index (χ4n) is 1.12. The minimum absolute atomic E-state index is 0.138. The maximum absolute atomic E-state index is 12.1. The summed E-state index contributed by atoms with van der Waals surface area (Å²) in [6, 6.07) is 3.80. The summed E-state index contributed by atoms with van der Waals surface area (Å²) in [5, 5.41) is 0. The van der Waals surface area contributed by atoms with E-state index in [-0.39, 0.29) is 11.1 Å². The van der Waals surface area contributed by atoms with Crippen LogP contribution in [0, 0.1) is 0 Å². The average molecular weight is 309 g/mol. The van der Waals surface area contributed by atoms with Crippen LogP contribution in [-0.4, -0.2) is 12.1 Å². The molecule has 0 aromatic heterocycles. The van der Waals surface area contributed by atoms with Crippen molar-refractivity contribution in [3.63, 3.8) is 0 Å². The third kappa shape index (κ3) is 3.89. The zero-order chi connectivity index (χ0) is 13.2. The second kappa shape index (κ2) is 4.91. The second-order valence-corrected chi connectivity index (χ2v) is 4.21. The highest BCUT2D eigenvalue weighted by Crippen LogP contribution is 2.30. The number of hydrogen-bond acceptors (Lipinski definition) is 2. The quantitative estimate of drug-likeness (QED) is 0.620. The number of halogens is 4. The zero-order valence-electron chi connectivity index (χ0n) is 8.77. The first kappa shape index (κ1) is 13.8. The summed E-state index contributed by atoms with van der Waals surface area (Å²) in [4.78, 5) is 11.6. The molecule has 1 aromatic carbocycles. The number of ketones is 1. The van der Waals surface area contributed by atoms with E-state index in [1.807, 2.05) is 0 Å². The normalized spacial score (nSPS) is 11.1. The van der Waals surface area contributed by atoms with Gasteiger partial charge < -0.3 is 4.74 Å². The predicted octanol–water partition coefficient (Wildman–Crippen LogP) is 4.11. The molecule has 0 fully saturated rings. The summed E-state index contributed by atoms with van der Waals surface area (Å²) in [6.07, 6.45) is -4.84. The molecule has 0 heterocycles. The summed E-state index contributed by atoms with van der Waals surface area (Å²) < 4.78 is 40.6. The first-order chi connectivity index (χ1) is 7.70. The molecule has 0 aliphatic carbocycles. The lowest BCUT2D eigenvalue weighted by Crippen LogP contribution is -2.19. The van der Waals surface area contributed by atoms with Gasteiger partial charge in [-0.05, 0) is 30.7 Å². The molecule has 92 valence electrons. The van der Waals surface area contributed by atoms with Crippen molar-refractivity contribution >= 4 is 21.7 Å². The highest BCUT2D eigenvalue weighted by atomic mass is 79.9. The largest absolute Gasteiger partial charge is 0.573 e. The Kier molecular flexibility index (Phi) is 3.98. The topological polar surface area (TPSA) is 26.3 Å². The average Bonchev–Trinajstić information content (AvgIpc) is 2.14. The Morgan fingerprint density at radius 1 is 1.41 bits per heavy atom. The van der Waals surface area contributed by atoms with E-state index in [0.29, 0.717) is 4.47 Å². The number of hydrogen-bond donors (Lipinski definition) is 0. The molecule has 6 heteroatoms. The summed E-state index contributed by atoms with van der Waals surface area (Å²) in [7, 11) is 0. The number of Topliss-reactive ketones (excluding diaryl/α,β-unsaturated/α-hetero) is 1. The number of alkyl halides is 3. The SMILES string of the molecule is C=C(C)C(=O)c1ccc(Br)cc1OC(F)(F)F. The first-order valence-corrected chi connectivity index (χ1v) is 5.25. The standard InChI is InChI=1S/C11H8BrF3O2/c1-6(2)10(16)8-4-3-7(12)5-9(8)17-11(13,14)15/h3-5H,1H2,2H3. The molecule has 0 N–H and O–H groups in total. The molecule has 0 bridgehead atoms. The minimum Gasteiger partial charge on any atom is -0.405 e. The van der Waals surface area contributed by atoms with Crippen LogP contribution >= 0.6 is 15.9 Å². The minimum atomic E-state index is -4.84. The summed E-state index contributed by atoms with van der Waals surface area (Å²) in [6.45, 7) is 4.81. The van der Waals surface area contributed by atoms with Crippen molar-refractivity contribution < 1.29 is 22.7 Å². The van der Waals surface area contributed by atoms with Crippen LogP contribution in [0.4, 0.5) is 13.2 Å². The molecular weight excluding hydrogens is 301 g/mol. The van der Waals surface area contributed by atoms with Crippen LogP contribution in [0.3, 0.4) is 0 Å². The monoisotopic (exact) mass is 308 g/mol. The van der Waals surface area contributed by atoms with Crippen molar-refractivity contribution in [2.45, 2.75) is 13.3 Å². The van der Waals surface area contributed by atoms with Crippen LogP contribution in [-0.2, 0) is 0 Å². The van der Waals surface area contributed by atoms with Gasteiger partial charge in [-0.25, -0.2) is 0 Å². The molecule has 17 heavy (non-hydrogen) atoms. The molecule has 1 rings (SSSR count). The van der Waals surface area contributed by atoms with Gasteiger partial charge in [-0.2, -0.15) is 0 Å². The van der Waals surface area contributed by atoms with Crippen LogP contribution in [0.1, 0.15) is 17.3 Å². The first-order valence-electron chi connectivity index (χ1n) is 4.46. The maximum atomic E-state index is 12.1. The van der Waals surface area contributed by atoms with E-state index in [0.717, 1.165) is 6.07 Å². The van der Waals surface area contributed by atoms with Crippen molar-refractivity contribution in [3.05, 3.63) is 40.4 Å². The molecule has 0 amide bonds. The van der Waals surface area contributed by atoms with Gasteiger partial charge in [0.05, 0.1) is 5.56 Å². The lowest BCUT2D eigenvalue weighted by Gasteiger charge is -2.12. The summed E-state index contributed by atoms with van der Waals surface area (Å²) >= 11 is 3.01. The fraction of sp³-hybridized carbons (Fsp3) is 0.182. The van der Waals surface area contributed by atoms with E-state index in [9.17, 15) is 18.0 Å². The molecule has 0 unspecified atom stereocenters. The number of carbonyl (C=O) groups excluding carboxylic acids is 1. The van der Waals surface area contributed by atoms with Crippen molar-refractivity contribution in [1.82, 2.24) is 0 Å². The number of carbonyl (C=O) groups is 1. The molecule has 0 saturated carbocycles. The Balaban J connectivity index is 3.22. The van der Waals surface area contributed by atoms with Gasteiger partial charge in [0.25, 0.3) is 0 Å². The van der Waals surface area contributed by atoms with Gasteiger partial charge in [0, 0.05) is 4.47 Å². The Bertz CT molecular complexity index is 466. The van der Waals surface area contributed by atoms with Crippen molar-refractivity contribution in [2.75, 3.05) is 0 Å². The van der Waals surface area contributed by atoms with Crippen LogP contribution in [0.25, 0.3) is 0 Å². The van der Waals surface area contributed by atoms with Gasteiger partial charge in [0.1, 0.15) is 5.75 Å². The van der Waals surface area contributed by atoms with Crippen molar-refractivity contribution in [1.29, 1.82) is 0 Å². The van der Waals surface area contributed by atoms with E-state index in [2.05, 4.69) is 27.2 Å². The maximum Gasteiger partial charge on any atom is 0.573 e. The summed E-state index contributed by atoms with van der Waals surface area (Å²) in [5.41, 5.74) is -0.0302. The van der Waals surface area contributed by atoms with Gasteiger partial charge in [-0.15, -0.1) is 13.2 Å².